The van der Waals surface area contributed by atoms with Gasteiger partial charge in [0.25, 0.3) is 0 Å². The van der Waals surface area contributed by atoms with E-state index in [1.807, 2.05) is 14.1 Å². The fourth-order valence-electron chi connectivity index (χ4n) is 0.886. The molecule has 0 heterocycles. The van der Waals surface area contributed by atoms with Gasteiger partial charge in [0.1, 0.15) is 5.84 Å². The van der Waals surface area contributed by atoms with E-state index in [1.54, 1.807) is 29.2 Å². The minimum absolute atomic E-state index is 0.468. The zero-order chi connectivity index (χ0) is 9.14. The van der Waals surface area contributed by atoms with Gasteiger partial charge in [0.2, 0.25) is 0 Å². The van der Waals surface area contributed by atoms with Crippen LogP contribution in [0.4, 0.5) is 5.69 Å². The van der Waals surface area contributed by atoms with Crippen LogP contribution in [0, 0.1) is 5.41 Å². The van der Waals surface area contributed by atoms with E-state index in [1.165, 1.54) is 0 Å². The van der Waals surface area contributed by atoms with Crippen LogP contribution in [0.2, 0.25) is 0 Å². The molecule has 0 aliphatic carbocycles. The van der Waals surface area contributed by atoms with Gasteiger partial charge >= 0.3 is 0 Å². The summed E-state index contributed by atoms with van der Waals surface area (Å²) in [6.45, 7) is 0. The number of nitrogens with zero attached hydrogens (tertiary/aromatic N) is 1. The molecule has 0 aliphatic heterocycles. The van der Waals surface area contributed by atoms with Crippen LogP contribution >= 0.6 is 0 Å². The topological polar surface area (TPSA) is 50.9 Å². The highest BCUT2D eigenvalue weighted by Gasteiger charge is 2.01. The quantitative estimate of drug-likeness (QED) is 0.493. The molecule has 1 radical (unpaired) electrons. The number of hydrogen-bond donors (Lipinski definition) is 1. The standard InChI is InChI=1S/C9H12N3/c1-12(2)9(11)7-3-5-8(10)6-4-7/h3-6,10-11H,1-2H3. The highest BCUT2D eigenvalue weighted by molar-refractivity contribution is 5.96. The van der Waals surface area contributed by atoms with Crippen LogP contribution < -0.4 is 5.73 Å². The second kappa shape index (κ2) is 3.26. The van der Waals surface area contributed by atoms with Crippen LogP contribution in [0.25, 0.3) is 0 Å². The lowest BCUT2D eigenvalue weighted by atomic mass is 10.2. The van der Waals surface area contributed by atoms with Crippen LogP contribution in [0.15, 0.2) is 24.3 Å². The van der Waals surface area contributed by atoms with E-state index in [0.717, 1.165) is 5.56 Å². The monoisotopic (exact) mass is 162 g/mol. The second-order valence-electron chi connectivity index (χ2n) is 2.82. The first-order chi connectivity index (χ1) is 5.61. The van der Waals surface area contributed by atoms with E-state index < -0.39 is 0 Å². The van der Waals surface area contributed by atoms with Crippen molar-refractivity contribution in [3.63, 3.8) is 0 Å². The van der Waals surface area contributed by atoms with Crippen molar-refractivity contribution < 1.29 is 0 Å². The maximum atomic E-state index is 7.62. The molecule has 0 atom stereocenters. The van der Waals surface area contributed by atoms with E-state index in [2.05, 4.69) is 0 Å². The zero-order valence-corrected chi connectivity index (χ0v) is 7.26. The highest BCUT2D eigenvalue weighted by atomic mass is 15.1. The number of amidine groups is 1. The molecule has 1 aromatic carbocycles. The Labute approximate surface area is 72.3 Å². The third kappa shape index (κ3) is 1.75. The normalized spacial score (nSPS) is 9.50. The number of rotatable bonds is 1. The molecular formula is C9H12N3. The van der Waals surface area contributed by atoms with Crippen molar-refractivity contribution in [1.82, 2.24) is 10.6 Å². The van der Waals surface area contributed by atoms with Crippen molar-refractivity contribution in [2.45, 2.75) is 0 Å². The lowest BCUT2D eigenvalue weighted by Gasteiger charge is -2.13. The van der Waals surface area contributed by atoms with Crippen molar-refractivity contribution in [3.8, 4) is 0 Å². The summed E-state index contributed by atoms with van der Waals surface area (Å²) in [6.07, 6.45) is 0. The van der Waals surface area contributed by atoms with Crippen LogP contribution in [-0.2, 0) is 0 Å². The average Bonchev–Trinajstić information content (AvgIpc) is 2.04. The number of benzene rings is 1. The Bertz CT molecular complexity index is 274. The van der Waals surface area contributed by atoms with Gasteiger partial charge in [0.05, 0.1) is 5.69 Å². The lowest BCUT2D eigenvalue weighted by molar-refractivity contribution is 0.619. The maximum Gasteiger partial charge on any atom is 0.127 e. The van der Waals surface area contributed by atoms with Gasteiger partial charge in [0, 0.05) is 19.7 Å². The molecule has 12 heavy (non-hydrogen) atoms. The summed E-state index contributed by atoms with van der Waals surface area (Å²) >= 11 is 0. The Morgan fingerprint density at radius 2 is 1.67 bits per heavy atom. The molecule has 0 saturated carbocycles. The summed E-state index contributed by atoms with van der Waals surface area (Å²) in [6, 6.07) is 6.94. The molecule has 0 aromatic heterocycles. The van der Waals surface area contributed by atoms with E-state index in [0.29, 0.717) is 11.5 Å². The smallest absolute Gasteiger partial charge is 0.127 e. The molecule has 0 bridgehead atoms. The molecule has 1 rings (SSSR count). The van der Waals surface area contributed by atoms with Crippen molar-refractivity contribution in [2.24, 2.45) is 0 Å². The Kier molecular flexibility index (Phi) is 2.33. The molecule has 0 fully saturated rings. The van der Waals surface area contributed by atoms with Crippen molar-refractivity contribution in [1.29, 1.82) is 5.41 Å². The molecule has 3 nitrogen and oxygen atoms in total. The van der Waals surface area contributed by atoms with Gasteiger partial charge in [-0.25, -0.2) is 0 Å². The van der Waals surface area contributed by atoms with Crippen molar-refractivity contribution >= 4 is 11.5 Å². The van der Waals surface area contributed by atoms with E-state index in [4.69, 9.17) is 11.1 Å². The molecule has 2 N–H and O–H groups in total. The zero-order valence-electron chi connectivity index (χ0n) is 7.26. The largest absolute Gasteiger partial charge is 0.363 e. The minimum atomic E-state index is 0.468. The van der Waals surface area contributed by atoms with Gasteiger partial charge < -0.3 is 10.6 Å². The molecule has 0 unspecified atom stereocenters. The first-order valence-corrected chi connectivity index (χ1v) is 3.69. The summed E-state index contributed by atoms with van der Waals surface area (Å²) in [5.74, 6) is 0.468. The van der Waals surface area contributed by atoms with Crippen LogP contribution in [0.1, 0.15) is 5.56 Å². The van der Waals surface area contributed by atoms with Gasteiger partial charge in [0.15, 0.2) is 0 Å². The van der Waals surface area contributed by atoms with Gasteiger partial charge in [-0.1, -0.05) is 0 Å². The van der Waals surface area contributed by atoms with Gasteiger partial charge in [-0.05, 0) is 24.3 Å². The fourth-order valence-corrected chi connectivity index (χ4v) is 0.886. The summed E-state index contributed by atoms with van der Waals surface area (Å²) in [4.78, 5) is 1.74. The molecule has 0 amide bonds. The second-order valence-corrected chi connectivity index (χ2v) is 2.82. The Balaban J connectivity index is 2.90. The first kappa shape index (κ1) is 8.59. The Morgan fingerprint density at radius 1 is 1.17 bits per heavy atom. The Hall–Kier alpha value is -1.51. The highest BCUT2D eigenvalue weighted by Crippen LogP contribution is 2.07. The predicted molar refractivity (Wildman–Crippen MR) is 49.7 cm³/mol. The number of hydrogen-bond acceptors (Lipinski definition) is 1. The molecule has 0 spiro atoms. The average molecular weight is 162 g/mol. The van der Waals surface area contributed by atoms with Gasteiger partial charge in [-0.3, -0.25) is 5.41 Å². The SMILES string of the molecule is CN(C)C(=N)c1ccc([NH])cc1. The van der Waals surface area contributed by atoms with Crippen molar-refractivity contribution in [2.75, 3.05) is 14.1 Å². The summed E-state index contributed by atoms with van der Waals surface area (Å²) in [5, 5.41) is 7.62. The molecule has 0 saturated heterocycles. The molecule has 0 aliphatic rings. The van der Waals surface area contributed by atoms with Crippen LogP contribution in [0.3, 0.4) is 0 Å². The van der Waals surface area contributed by atoms with Gasteiger partial charge in [-0.2, -0.15) is 0 Å². The minimum Gasteiger partial charge on any atom is -0.363 e. The summed E-state index contributed by atoms with van der Waals surface area (Å²) < 4.78 is 0. The van der Waals surface area contributed by atoms with Crippen molar-refractivity contribution in [3.05, 3.63) is 29.8 Å². The van der Waals surface area contributed by atoms with E-state index in [-0.39, 0.29) is 0 Å². The first-order valence-electron chi connectivity index (χ1n) is 3.69. The molecule has 1 aromatic rings. The third-order valence-corrected chi connectivity index (χ3v) is 1.61. The lowest BCUT2D eigenvalue weighted by Crippen LogP contribution is -2.21. The number of nitrogens with one attached hydrogen (secondary N) is 2. The molecule has 3 heteroatoms. The third-order valence-electron chi connectivity index (χ3n) is 1.61. The summed E-state index contributed by atoms with van der Waals surface area (Å²) in [7, 11) is 3.66. The predicted octanol–water partition coefficient (Wildman–Crippen LogP) is 1.49. The molecular weight excluding hydrogens is 150 g/mol. The van der Waals surface area contributed by atoms with Crippen LogP contribution in [0.5, 0.6) is 0 Å². The van der Waals surface area contributed by atoms with E-state index >= 15 is 0 Å². The van der Waals surface area contributed by atoms with Gasteiger partial charge in [-0.15, -0.1) is 0 Å². The fraction of sp³-hybridized carbons (Fsp3) is 0.222. The van der Waals surface area contributed by atoms with Crippen LogP contribution in [-0.4, -0.2) is 24.8 Å². The maximum absolute atomic E-state index is 7.62. The Morgan fingerprint density at radius 3 is 2.08 bits per heavy atom. The summed E-state index contributed by atoms with van der Waals surface area (Å²) in [5.41, 5.74) is 8.58. The van der Waals surface area contributed by atoms with E-state index in [9.17, 15) is 0 Å². The molecule has 63 valence electrons.